The maximum Gasteiger partial charge on any atom is 0.0670 e. The second-order valence-corrected chi connectivity index (χ2v) is 5.17. The van der Waals surface area contributed by atoms with Gasteiger partial charge in [-0.3, -0.25) is 0 Å². The monoisotopic (exact) mass is 246 g/mol. The van der Waals surface area contributed by atoms with E-state index in [-0.39, 0.29) is 0 Å². The molecule has 1 N–H and O–H groups in total. The Morgan fingerprint density at radius 2 is 2.22 bits per heavy atom. The molecule has 3 heteroatoms. The van der Waals surface area contributed by atoms with Crippen molar-refractivity contribution in [1.29, 1.82) is 0 Å². The molecule has 1 aromatic rings. The lowest BCUT2D eigenvalue weighted by Crippen LogP contribution is -2.42. The van der Waals surface area contributed by atoms with Gasteiger partial charge in [0.15, 0.2) is 0 Å². The first-order valence-electron chi connectivity index (χ1n) is 7.07. The first kappa shape index (κ1) is 12.0. The number of para-hydroxylation sites is 1. The summed E-state index contributed by atoms with van der Waals surface area (Å²) in [7, 11) is 0. The number of nitrogens with one attached hydrogen (secondary N) is 1. The van der Waals surface area contributed by atoms with Gasteiger partial charge in [-0.05, 0) is 31.0 Å². The van der Waals surface area contributed by atoms with Crippen molar-refractivity contribution < 1.29 is 4.74 Å². The number of benzene rings is 1. The van der Waals surface area contributed by atoms with Gasteiger partial charge in [-0.1, -0.05) is 25.1 Å². The van der Waals surface area contributed by atoms with Gasteiger partial charge in [0.05, 0.1) is 12.6 Å². The summed E-state index contributed by atoms with van der Waals surface area (Å²) in [6.45, 7) is 6.16. The van der Waals surface area contributed by atoms with Crippen LogP contribution in [0.3, 0.4) is 0 Å². The van der Waals surface area contributed by atoms with Gasteiger partial charge in [-0.15, -0.1) is 0 Å². The van der Waals surface area contributed by atoms with Crippen LogP contribution in [0.5, 0.6) is 0 Å². The normalized spacial score (nSPS) is 27.3. The first-order chi connectivity index (χ1) is 8.90. The highest BCUT2D eigenvalue weighted by Gasteiger charge is 2.30. The maximum absolute atomic E-state index is 5.54. The fourth-order valence-electron chi connectivity index (χ4n) is 3.19. The molecular formula is C15H22N2O. The van der Waals surface area contributed by atoms with E-state index in [2.05, 4.69) is 41.4 Å². The Kier molecular flexibility index (Phi) is 3.52. The van der Waals surface area contributed by atoms with Crippen molar-refractivity contribution in [2.75, 3.05) is 31.2 Å². The van der Waals surface area contributed by atoms with Crippen molar-refractivity contribution in [2.45, 2.75) is 31.8 Å². The molecule has 3 rings (SSSR count). The van der Waals surface area contributed by atoms with E-state index >= 15 is 0 Å². The van der Waals surface area contributed by atoms with E-state index in [1.807, 2.05) is 0 Å². The molecular weight excluding hydrogens is 224 g/mol. The van der Waals surface area contributed by atoms with Crippen LogP contribution in [-0.2, 0) is 4.74 Å². The standard InChI is InChI=1S/C15H22N2O/c1-2-16-14-7-9-17(12-8-10-18-11-12)15-6-4-3-5-13(14)15/h3-6,12,14,16H,2,7-11H2,1H3. The topological polar surface area (TPSA) is 24.5 Å². The van der Waals surface area contributed by atoms with E-state index in [9.17, 15) is 0 Å². The SMILES string of the molecule is CCNC1CCN(C2CCOC2)c2ccccc21. The second kappa shape index (κ2) is 5.29. The molecule has 2 atom stereocenters. The van der Waals surface area contributed by atoms with E-state index in [0.29, 0.717) is 12.1 Å². The molecule has 2 aliphatic rings. The minimum Gasteiger partial charge on any atom is -0.379 e. The Hall–Kier alpha value is -1.06. The summed E-state index contributed by atoms with van der Waals surface area (Å²) >= 11 is 0. The summed E-state index contributed by atoms with van der Waals surface area (Å²) < 4.78 is 5.54. The van der Waals surface area contributed by atoms with Gasteiger partial charge in [0.25, 0.3) is 0 Å². The number of ether oxygens (including phenoxy) is 1. The van der Waals surface area contributed by atoms with Crippen LogP contribution in [0.25, 0.3) is 0 Å². The molecule has 0 radical (unpaired) electrons. The lowest BCUT2D eigenvalue weighted by molar-refractivity contribution is 0.192. The van der Waals surface area contributed by atoms with E-state index in [0.717, 1.165) is 26.3 Å². The van der Waals surface area contributed by atoms with Crippen molar-refractivity contribution in [1.82, 2.24) is 5.32 Å². The van der Waals surface area contributed by atoms with Crippen LogP contribution in [0, 0.1) is 0 Å². The zero-order chi connectivity index (χ0) is 12.4. The van der Waals surface area contributed by atoms with E-state index in [1.165, 1.54) is 24.1 Å². The Bertz CT molecular complexity index is 401. The van der Waals surface area contributed by atoms with Gasteiger partial charge >= 0.3 is 0 Å². The summed E-state index contributed by atoms with van der Waals surface area (Å²) in [5, 5.41) is 3.59. The molecule has 2 unspecified atom stereocenters. The third-order valence-corrected chi connectivity index (χ3v) is 4.08. The van der Waals surface area contributed by atoms with Crippen molar-refractivity contribution in [3.63, 3.8) is 0 Å². The van der Waals surface area contributed by atoms with Crippen LogP contribution in [0.1, 0.15) is 31.4 Å². The summed E-state index contributed by atoms with van der Waals surface area (Å²) in [5.41, 5.74) is 2.86. The number of fused-ring (bicyclic) bond motifs is 1. The predicted molar refractivity (Wildman–Crippen MR) is 74.0 cm³/mol. The molecule has 18 heavy (non-hydrogen) atoms. The van der Waals surface area contributed by atoms with E-state index in [4.69, 9.17) is 4.74 Å². The van der Waals surface area contributed by atoms with Gasteiger partial charge in [0.1, 0.15) is 0 Å². The van der Waals surface area contributed by atoms with Gasteiger partial charge < -0.3 is 15.0 Å². The summed E-state index contributed by atoms with van der Waals surface area (Å²) in [6, 6.07) is 9.92. The fraction of sp³-hybridized carbons (Fsp3) is 0.600. The van der Waals surface area contributed by atoms with Crippen LogP contribution in [0.15, 0.2) is 24.3 Å². The van der Waals surface area contributed by atoms with Crippen LogP contribution >= 0.6 is 0 Å². The maximum atomic E-state index is 5.54. The molecule has 2 heterocycles. The van der Waals surface area contributed by atoms with Crippen LogP contribution in [0.4, 0.5) is 5.69 Å². The quantitative estimate of drug-likeness (QED) is 0.886. The Labute approximate surface area is 109 Å². The predicted octanol–water partition coefficient (Wildman–Crippen LogP) is 2.34. The lowest BCUT2D eigenvalue weighted by Gasteiger charge is -2.39. The molecule has 0 spiro atoms. The average Bonchev–Trinajstić information content (AvgIpc) is 2.93. The number of hydrogen-bond donors (Lipinski definition) is 1. The minimum absolute atomic E-state index is 0.518. The van der Waals surface area contributed by atoms with E-state index < -0.39 is 0 Å². The molecule has 0 saturated carbocycles. The summed E-state index contributed by atoms with van der Waals surface area (Å²) in [4.78, 5) is 2.55. The highest BCUT2D eigenvalue weighted by molar-refractivity contribution is 5.57. The molecule has 0 amide bonds. The third-order valence-electron chi connectivity index (χ3n) is 4.08. The number of rotatable bonds is 3. The van der Waals surface area contributed by atoms with Crippen molar-refractivity contribution in [3.05, 3.63) is 29.8 Å². The van der Waals surface area contributed by atoms with Gasteiger partial charge in [-0.25, -0.2) is 0 Å². The van der Waals surface area contributed by atoms with E-state index in [1.54, 1.807) is 0 Å². The van der Waals surface area contributed by atoms with Crippen LogP contribution in [-0.4, -0.2) is 32.3 Å². The zero-order valence-electron chi connectivity index (χ0n) is 11.1. The molecule has 1 fully saturated rings. The molecule has 98 valence electrons. The number of hydrogen-bond acceptors (Lipinski definition) is 3. The van der Waals surface area contributed by atoms with Crippen LogP contribution < -0.4 is 10.2 Å². The fourth-order valence-corrected chi connectivity index (χ4v) is 3.19. The first-order valence-corrected chi connectivity index (χ1v) is 7.07. The Morgan fingerprint density at radius 3 is 3.00 bits per heavy atom. The molecule has 0 aliphatic carbocycles. The second-order valence-electron chi connectivity index (χ2n) is 5.17. The average molecular weight is 246 g/mol. The largest absolute Gasteiger partial charge is 0.379 e. The summed E-state index contributed by atoms with van der Waals surface area (Å²) in [6.07, 6.45) is 2.36. The Morgan fingerprint density at radius 1 is 1.33 bits per heavy atom. The lowest BCUT2D eigenvalue weighted by atomic mass is 9.95. The van der Waals surface area contributed by atoms with Gasteiger partial charge in [0, 0.05) is 24.9 Å². The molecule has 1 aromatic carbocycles. The minimum atomic E-state index is 0.518. The summed E-state index contributed by atoms with van der Waals surface area (Å²) in [5.74, 6) is 0. The zero-order valence-corrected chi connectivity index (χ0v) is 11.1. The highest BCUT2D eigenvalue weighted by Crippen LogP contribution is 2.35. The molecule has 0 aromatic heterocycles. The number of anilines is 1. The van der Waals surface area contributed by atoms with Crippen molar-refractivity contribution >= 4 is 5.69 Å². The number of nitrogens with zero attached hydrogens (tertiary/aromatic N) is 1. The molecule has 0 bridgehead atoms. The third kappa shape index (κ3) is 2.13. The molecule has 2 aliphatic heterocycles. The smallest absolute Gasteiger partial charge is 0.0670 e. The van der Waals surface area contributed by atoms with Gasteiger partial charge in [0.2, 0.25) is 0 Å². The van der Waals surface area contributed by atoms with Gasteiger partial charge in [-0.2, -0.15) is 0 Å². The molecule has 3 nitrogen and oxygen atoms in total. The van der Waals surface area contributed by atoms with Crippen LogP contribution in [0.2, 0.25) is 0 Å². The Balaban J connectivity index is 1.88. The van der Waals surface area contributed by atoms with Crippen molar-refractivity contribution in [2.24, 2.45) is 0 Å². The molecule has 1 saturated heterocycles. The highest BCUT2D eigenvalue weighted by atomic mass is 16.5. The van der Waals surface area contributed by atoms with Crippen molar-refractivity contribution in [3.8, 4) is 0 Å².